The van der Waals surface area contributed by atoms with E-state index in [-0.39, 0.29) is 5.91 Å². The predicted octanol–water partition coefficient (Wildman–Crippen LogP) is 3.37. The van der Waals surface area contributed by atoms with Gasteiger partial charge in [-0.05, 0) is 30.5 Å². The van der Waals surface area contributed by atoms with Crippen molar-refractivity contribution in [2.45, 2.75) is 39.3 Å². The fourth-order valence-electron chi connectivity index (χ4n) is 4.16. The Morgan fingerprint density at radius 2 is 2.26 bits per heavy atom. The number of allylic oxidation sites excluding steroid dienone is 2. The number of hydrogen-bond donors (Lipinski definition) is 2. The van der Waals surface area contributed by atoms with Gasteiger partial charge >= 0.3 is 0 Å². The number of aryl methyl sites for hydroxylation is 1. The Bertz CT molecular complexity index is 1090. The Morgan fingerprint density at radius 3 is 2.97 bits per heavy atom. The van der Waals surface area contributed by atoms with Gasteiger partial charge in [-0.1, -0.05) is 30.9 Å². The van der Waals surface area contributed by atoms with Crippen molar-refractivity contribution in [2.75, 3.05) is 25.0 Å². The maximum Gasteiger partial charge on any atom is 0.219 e. The second kappa shape index (κ2) is 8.89. The van der Waals surface area contributed by atoms with Gasteiger partial charge < -0.3 is 20.1 Å². The third-order valence-electron chi connectivity index (χ3n) is 5.69. The Morgan fingerprint density at radius 1 is 1.42 bits per heavy atom. The molecule has 1 amide bonds. The van der Waals surface area contributed by atoms with Gasteiger partial charge in [-0.3, -0.25) is 4.79 Å². The molecule has 0 radical (unpaired) electrons. The number of fused-ring (bicyclic) bond motifs is 3. The van der Waals surface area contributed by atoms with Gasteiger partial charge in [-0.15, -0.1) is 0 Å². The van der Waals surface area contributed by atoms with E-state index in [1.807, 2.05) is 17.9 Å². The number of hydrogen-bond acceptors (Lipinski definition) is 6. The quantitative estimate of drug-likeness (QED) is 0.550. The molecule has 2 N–H and O–H groups in total. The van der Waals surface area contributed by atoms with Crippen LogP contribution in [0.1, 0.15) is 36.7 Å². The summed E-state index contributed by atoms with van der Waals surface area (Å²) in [7, 11) is 0. The fraction of sp³-hybridized carbons (Fsp3) is 0.375. The Hall–Kier alpha value is -3.19. The van der Waals surface area contributed by atoms with Crippen LogP contribution >= 0.6 is 0 Å². The molecule has 0 spiro atoms. The van der Waals surface area contributed by atoms with Crippen LogP contribution in [0.3, 0.4) is 0 Å². The van der Waals surface area contributed by atoms with Crippen LogP contribution in [0.25, 0.3) is 16.5 Å². The number of carbonyl (C=O) groups is 1. The highest BCUT2D eigenvalue weighted by Gasteiger charge is 2.26. The number of rotatable bonds is 6. The molecule has 7 nitrogen and oxygen atoms in total. The van der Waals surface area contributed by atoms with Crippen LogP contribution in [0.4, 0.5) is 5.82 Å². The van der Waals surface area contributed by atoms with E-state index in [1.54, 1.807) is 19.1 Å². The van der Waals surface area contributed by atoms with Gasteiger partial charge in [0.05, 0.1) is 6.61 Å². The fourth-order valence-corrected chi connectivity index (χ4v) is 4.16. The first-order valence-corrected chi connectivity index (χ1v) is 10.6. The van der Waals surface area contributed by atoms with Crippen molar-refractivity contribution in [1.29, 1.82) is 0 Å². The SMILES string of the molecule is C=C/C=C\CC(O)Nc1nc(C)nc2c3c(c(C4=CCN(C(C)=O)CC4)cc12)CCO3. The summed E-state index contributed by atoms with van der Waals surface area (Å²) in [4.78, 5) is 22.8. The maximum absolute atomic E-state index is 11.7. The van der Waals surface area contributed by atoms with Crippen molar-refractivity contribution in [2.24, 2.45) is 0 Å². The summed E-state index contributed by atoms with van der Waals surface area (Å²) in [5, 5.41) is 14.4. The standard InChI is InChI=1S/C24H28N4O3/c1-4-5-6-7-21(30)27-24-20-14-19(17-8-11-28(12-9-17)16(3)29)18-10-13-31-23(18)22(20)25-15(2)26-24/h4-6,8,14,21,30H,1,7,9-13H2,2-3H3,(H,25,26,27)/b6-5-. The number of anilines is 1. The summed E-state index contributed by atoms with van der Waals surface area (Å²) in [6.45, 7) is 9.03. The van der Waals surface area contributed by atoms with Crippen LogP contribution in [-0.4, -0.2) is 51.8 Å². The molecule has 2 aliphatic heterocycles. The molecule has 1 aromatic carbocycles. The summed E-state index contributed by atoms with van der Waals surface area (Å²) in [5.41, 5.74) is 4.26. The molecule has 162 valence electrons. The van der Waals surface area contributed by atoms with Gasteiger partial charge in [0, 0.05) is 43.8 Å². The number of aliphatic hydroxyl groups is 1. The lowest BCUT2D eigenvalue weighted by atomic mass is 9.92. The summed E-state index contributed by atoms with van der Waals surface area (Å²) >= 11 is 0. The number of nitrogens with zero attached hydrogens (tertiary/aromatic N) is 3. The average molecular weight is 421 g/mol. The second-order valence-electron chi connectivity index (χ2n) is 7.85. The van der Waals surface area contributed by atoms with E-state index < -0.39 is 6.23 Å². The van der Waals surface area contributed by atoms with Gasteiger partial charge in [0.1, 0.15) is 29.1 Å². The molecule has 0 aliphatic carbocycles. The van der Waals surface area contributed by atoms with E-state index in [0.717, 1.165) is 40.6 Å². The van der Waals surface area contributed by atoms with Crippen molar-refractivity contribution in [1.82, 2.24) is 14.9 Å². The third kappa shape index (κ3) is 4.32. The monoisotopic (exact) mass is 420 g/mol. The van der Waals surface area contributed by atoms with E-state index in [1.165, 1.54) is 5.57 Å². The molecular weight excluding hydrogens is 392 g/mol. The first-order valence-electron chi connectivity index (χ1n) is 10.6. The van der Waals surface area contributed by atoms with Crippen molar-refractivity contribution in [3.8, 4) is 5.75 Å². The average Bonchev–Trinajstić information content (AvgIpc) is 3.24. The molecule has 7 heteroatoms. The predicted molar refractivity (Wildman–Crippen MR) is 122 cm³/mol. The number of nitrogens with one attached hydrogen (secondary N) is 1. The summed E-state index contributed by atoms with van der Waals surface area (Å²) < 4.78 is 6.00. The van der Waals surface area contributed by atoms with Crippen molar-refractivity contribution in [3.05, 3.63) is 53.9 Å². The lowest BCUT2D eigenvalue weighted by molar-refractivity contribution is -0.128. The zero-order valence-corrected chi connectivity index (χ0v) is 18.0. The lowest BCUT2D eigenvalue weighted by Crippen LogP contribution is -2.32. The molecule has 0 saturated heterocycles. The van der Waals surface area contributed by atoms with Gasteiger partial charge in [0.25, 0.3) is 0 Å². The van der Waals surface area contributed by atoms with E-state index >= 15 is 0 Å². The minimum Gasteiger partial charge on any atom is -0.491 e. The highest BCUT2D eigenvalue weighted by atomic mass is 16.5. The highest BCUT2D eigenvalue weighted by Crippen LogP contribution is 2.41. The van der Waals surface area contributed by atoms with Gasteiger partial charge in [-0.25, -0.2) is 9.97 Å². The molecular formula is C24H28N4O3. The van der Waals surface area contributed by atoms with Gasteiger partial charge in [-0.2, -0.15) is 0 Å². The van der Waals surface area contributed by atoms with E-state index in [0.29, 0.717) is 37.8 Å². The molecule has 31 heavy (non-hydrogen) atoms. The Balaban J connectivity index is 1.77. The normalized spacial score (nSPS) is 16.7. The summed E-state index contributed by atoms with van der Waals surface area (Å²) in [5.74, 6) is 2.10. The van der Waals surface area contributed by atoms with Crippen LogP contribution in [-0.2, 0) is 11.2 Å². The van der Waals surface area contributed by atoms with Crippen LogP contribution < -0.4 is 10.1 Å². The van der Waals surface area contributed by atoms with Crippen molar-refractivity contribution >= 4 is 28.2 Å². The minimum atomic E-state index is -0.788. The topological polar surface area (TPSA) is 87.6 Å². The third-order valence-corrected chi connectivity index (χ3v) is 5.69. The van der Waals surface area contributed by atoms with Gasteiger partial charge in [0.2, 0.25) is 5.91 Å². The Kier molecular flexibility index (Phi) is 6.04. The number of amides is 1. The van der Waals surface area contributed by atoms with E-state index in [9.17, 15) is 9.90 Å². The zero-order valence-electron chi connectivity index (χ0n) is 18.0. The first-order chi connectivity index (χ1) is 15.0. The molecule has 0 saturated carbocycles. The molecule has 2 aromatic rings. The van der Waals surface area contributed by atoms with Crippen LogP contribution in [0.2, 0.25) is 0 Å². The molecule has 1 atom stereocenters. The zero-order chi connectivity index (χ0) is 22.0. The summed E-state index contributed by atoms with van der Waals surface area (Å²) in [6.07, 6.45) is 8.71. The molecule has 0 fully saturated rings. The first kappa shape index (κ1) is 21.1. The number of ether oxygens (including phenoxy) is 1. The van der Waals surface area contributed by atoms with E-state index in [4.69, 9.17) is 4.74 Å². The number of aliphatic hydroxyl groups excluding tert-OH is 1. The maximum atomic E-state index is 11.7. The molecule has 1 unspecified atom stereocenters. The highest BCUT2D eigenvalue weighted by molar-refractivity contribution is 5.98. The van der Waals surface area contributed by atoms with E-state index in [2.05, 4.69) is 34.0 Å². The molecule has 0 bridgehead atoms. The molecule has 3 heterocycles. The van der Waals surface area contributed by atoms with Gasteiger partial charge in [0.15, 0.2) is 0 Å². The number of benzene rings is 1. The largest absolute Gasteiger partial charge is 0.491 e. The minimum absolute atomic E-state index is 0.0947. The van der Waals surface area contributed by atoms with Crippen LogP contribution in [0, 0.1) is 6.92 Å². The molecule has 2 aliphatic rings. The number of carbonyl (C=O) groups excluding carboxylic acids is 1. The van der Waals surface area contributed by atoms with Crippen molar-refractivity contribution < 1.29 is 14.6 Å². The van der Waals surface area contributed by atoms with Crippen LogP contribution in [0.5, 0.6) is 5.75 Å². The molecule has 4 rings (SSSR count). The van der Waals surface area contributed by atoms with Crippen LogP contribution in [0.15, 0.2) is 36.9 Å². The summed E-state index contributed by atoms with van der Waals surface area (Å²) in [6, 6.07) is 2.10. The number of aromatic nitrogens is 2. The molecule has 1 aromatic heterocycles. The second-order valence-corrected chi connectivity index (χ2v) is 7.85. The van der Waals surface area contributed by atoms with Crippen molar-refractivity contribution in [3.63, 3.8) is 0 Å². The smallest absolute Gasteiger partial charge is 0.219 e. The lowest BCUT2D eigenvalue weighted by Gasteiger charge is -2.26. The Labute approximate surface area is 182 Å².